The van der Waals surface area contributed by atoms with Crippen molar-refractivity contribution in [3.63, 3.8) is 0 Å². The molecule has 0 saturated carbocycles. The van der Waals surface area contributed by atoms with Crippen LogP contribution in [0.15, 0.2) is 170 Å². The SMILES string of the molecule is CCCC(=O)Nc1ccc(-c2nc3ccccc3n2C)cc1C.CCCC(=O)Nc1ccc(C(=O)N(C)c2ccccc2N)cc1C.CCCC(=O)Nc1ccc(C(=O)Nc2ccccc2NC)cc1C.CCCC(=O)Nc1ccc(C(=O)O)cc1C.CNc1ccccc1N.I[I-]I.[V].[V].[V]. The minimum Gasteiger partial charge on any atom is 0 e. The van der Waals surface area contributed by atoms with Gasteiger partial charge in [0.05, 0.1) is 50.7 Å². The molecule has 1 heterocycles. The summed E-state index contributed by atoms with van der Waals surface area (Å²) in [5, 5.41) is 29.1. The van der Waals surface area contributed by atoms with Crippen molar-refractivity contribution in [2.75, 3.05) is 74.7 Å². The maximum atomic E-state index is 12.7. The van der Waals surface area contributed by atoms with Crippen molar-refractivity contribution >= 4 is 147 Å². The van der Waals surface area contributed by atoms with E-state index in [0.717, 1.165) is 110 Å². The van der Waals surface area contributed by atoms with Gasteiger partial charge < -0.3 is 63.3 Å². The number of fused-ring (bicyclic) bond motifs is 1. The summed E-state index contributed by atoms with van der Waals surface area (Å²) in [6.45, 7) is 15.4. The van der Waals surface area contributed by atoms with Gasteiger partial charge in [0.1, 0.15) is 5.82 Å². The third kappa shape index (κ3) is 30.2. The molecule has 0 saturated heterocycles. The predicted octanol–water partition coefficient (Wildman–Crippen LogP) is 14.4. The van der Waals surface area contributed by atoms with Crippen LogP contribution in [0.1, 0.15) is 132 Å². The zero-order chi connectivity index (χ0) is 73.1. The van der Waals surface area contributed by atoms with Gasteiger partial charge in [0.25, 0.3) is 11.8 Å². The molecule has 0 aliphatic rings. The first-order valence-corrected chi connectivity index (χ1v) is 44.8. The number of aryl methyl sites for hydroxylation is 5. The smallest absolute Gasteiger partial charge is 0 e. The Kier molecular flexibility index (Phi) is 44.8. The van der Waals surface area contributed by atoms with Gasteiger partial charge in [-0.3, -0.25) is 28.8 Å². The van der Waals surface area contributed by atoms with E-state index >= 15 is 0 Å². The standard InChI is InChI=1S/2C19H23N3O2.C19H21N3O.C12H15NO3.C7H10N2.I3.3V/c1-4-7-18(23)21-15-11-10-14(12-13(15)2)19(24)22-17-9-6-5-8-16(17)20-3;1-4-7-18(23)21-16-11-10-14(12-13(16)2)19(24)22(3)17-9-6-5-8-15(17)20;1-4-7-18(23)20-15-11-10-14(12-13(15)2)19-21-16-8-5-6-9-17(16)22(19)3;1-3-4-11(14)13-10-6-5-9(12(15)16)7-8(10)2;1-9-7-5-3-2-4-6(7)8;1-3-2;;;/h5-6,8-12,20H,4,7H2,1-3H3,(H,21,23)(H,22,24);5-6,8-12H,4,7,20H2,1-3H3,(H,21,23);5-6,8-12H,4,7H2,1-3H3,(H,20,23);5-7H,3-4H2,1-2H3,(H,13,14)(H,15,16);2-5,9H,8H2,1H3;;;;/q;;;;;-1;;;. The van der Waals surface area contributed by atoms with Crippen molar-refractivity contribution in [1.82, 2.24) is 9.55 Å². The molecule has 541 valence electrons. The molecule has 0 aliphatic heterocycles. The molecule has 1 aromatic heterocycles. The topological polar surface area (TPSA) is 297 Å². The van der Waals surface area contributed by atoms with E-state index in [4.69, 9.17) is 21.6 Å². The number of anilines is 10. The number of carboxylic acids is 1. The van der Waals surface area contributed by atoms with E-state index in [1.165, 1.54) is 11.0 Å². The van der Waals surface area contributed by atoms with Crippen LogP contribution in [0.4, 0.5) is 56.9 Å². The van der Waals surface area contributed by atoms with Gasteiger partial charge in [0.15, 0.2) is 0 Å². The van der Waals surface area contributed by atoms with Crippen LogP contribution in [0.5, 0.6) is 0 Å². The maximum Gasteiger partial charge on any atom is 0 e. The van der Waals surface area contributed by atoms with Gasteiger partial charge in [-0.25, -0.2) is 9.78 Å². The Morgan fingerprint density at radius 3 is 1.25 bits per heavy atom. The number of hydrogen-bond donors (Lipinski definition) is 10. The number of nitrogens with one attached hydrogen (secondary N) is 7. The Bertz CT molecular complexity index is 4200. The van der Waals surface area contributed by atoms with Gasteiger partial charge in [-0.1, -0.05) is 76.2 Å². The summed E-state index contributed by atoms with van der Waals surface area (Å²) >= 11 is 5.30. The van der Waals surface area contributed by atoms with Gasteiger partial charge in [-0.15, -0.1) is 0 Å². The van der Waals surface area contributed by atoms with E-state index < -0.39 is 5.97 Å². The van der Waals surface area contributed by atoms with Gasteiger partial charge in [-0.05, 0) is 197 Å². The number of nitrogens with zero attached hydrogens (tertiary/aromatic N) is 3. The molecular weight excluding hydrogens is 1740 g/mol. The van der Waals surface area contributed by atoms with Crippen molar-refractivity contribution in [3.05, 3.63) is 209 Å². The van der Waals surface area contributed by atoms with Crippen LogP contribution >= 0.6 is 37.2 Å². The number of nitrogen functional groups attached to an aromatic ring is 2. The summed E-state index contributed by atoms with van der Waals surface area (Å²) in [4.78, 5) is 88.6. The Morgan fingerprint density at radius 1 is 0.471 bits per heavy atom. The molecule has 0 bridgehead atoms. The molecule has 9 rings (SSSR count). The number of imidazole rings is 1. The number of nitrogens with two attached hydrogens (primary N) is 2. The molecule has 3 radical (unpaired) electrons. The molecule has 0 unspecified atom stereocenters. The summed E-state index contributed by atoms with van der Waals surface area (Å²) in [5.41, 5.74) is 27.0. The molecule has 6 amide bonds. The average Bonchev–Trinajstić information content (AvgIpc) is 1.63. The summed E-state index contributed by atoms with van der Waals surface area (Å²) in [6.07, 6.45) is 5.23. The van der Waals surface area contributed by atoms with Gasteiger partial charge in [0, 0.05) is 149 Å². The van der Waals surface area contributed by atoms with Crippen molar-refractivity contribution in [1.29, 1.82) is 0 Å². The second kappa shape index (κ2) is 49.3. The van der Waals surface area contributed by atoms with Crippen LogP contribution in [0, 0.1) is 27.7 Å². The van der Waals surface area contributed by atoms with E-state index in [1.54, 1.807) is 74.6 Å². The first-order valence-electron chi connectivity index (χ1n) is 32.3. The van der Waals surface area contributed by atoms with Crippen LogP contribution in [-0.4, -0.2) is 77.2 Å². The number of carbonyl (C=O) groups is 7. The molecule has 20 nitrogen and oxygen atoms in total. The molecule has 12 N–H and O–H groups in total. The summed E-state index contributed by atoms with van der Waals surface area (Å²) in [6, 6.07) is 51.7. The molecule has 0 fully saturated rings. The van der Waals surface area contributed by atoms with E-state index in [9.17, 15) is 33.6 Å². The van der Waals surface area contributed by atoms with Crippen LogP contribution in [0.25, 0.3) is 22.4 Å². The van der Waals surface area contributed by atoms with Crippen LogP contribution in [-0.2, 0) is 81.9 Å². The predicted molar refractivity (Wildman–Crippen MR) is 422 cm³/mol. The van der Waals surface area contributed by atoms with Crippen molar-refractivity contribution in [2.45, 2.75) is 107 Å². The molecule has 0 spiro atoms. The Balaban J connectivity index is 0.000000643. The summed E-state index contributed by atoms with van der Waals surface area (Å²) < 4.78 is 2.10. The van der Waals surface area contributed by atoms with Crippen molar-refractivity contribution in [3.8, 4) is 11.4 Å². The quantitative estimate of drug-likeness (QED) is 0.0251. The Labute approximate surface area is 665 Å². The number of carboxylic acid groups (broad SMARTS) is 1. The Morgan fingerprint density at radius 2 is 0.843 bits per heavy atom. The largest absolute Gasteiger partial charge is 0 e. The number of carbonyl (C=O) groups excluding carboxylic acids is 6. The Hall–Kier alpha value is -7.34. The van der Waals surface area contributed by atoms with Gasteiger partial charge in [0.2, 0.25) is 23.6 Å². The fourth-order valence-electron chi connectivity index (χ4n) is 9.75. The van der Waals surface area contributed by atoms with Crippen molar-refractivity contribution < 1.29 is 108 Å². The molecule has 8 aromatic carbocycles. The first-order chi connectivity index (χ1) is 47.4. The number of aromatic nitrogens is 2. The molecule has 102 heavy (non-hydrogen) atoms. The molecule has 26 heteroatoms. The third-order valence-corrected chi connectivity index (χ3v) is 15.0. The number of hydrogen-bond acceptors (Lipinski definition) is 12. The van der Waals surface area contributed by atoms with E-state index in [2.05, 4.69) is 91.1 Å². The average molecular weight is 1840 g/mol. The molecular formula is C76H92I3N12O8V3-. The first kappa shape index (κ1) is 92.7. The van der Waals surface area contributed by atoms with Gasteiger partial charge >= 0.3 is 56.5 Å². The third-order valence-electron chi connectivity index (χ3n) is 15.0. The molecule has 9 aromatic rings. The number of aromatic carboxylic acids is 1. The normalized spacial score (nSPS) is 9.82. The summed E-state index contributed by atoms with van der Waals surface area (Å²) in [5.74, 6) is -0.390. The number of rotatable bonds is 20. The minimum absolute atomic E-state index is 0. The number of benzene rings is 8. The van der Waals surface area contributed by atoms with Crippen LogP contribution < -0.4 is 66.8 Å². The zero-order valence-electron chi connectivity index (χ0n) is 59.6. The number of para-hydroxylation sites is 8. The number of amides is 6. The zero-order valence-corrected chi connectivity index (χ0v) is 70.3. The number of halogens is 3. The molecule has 0 aliphatic carbocycles. The fraction of sp³-hybridized carbons (Fsp3) is 0.263. The minimum atomic E-state index is -0.963. The fourth-order valence-corrected chi connectivity index (χ4v) is 9.75. The van der Waals surface area contributed by atoms with E-state index in [1.807, 2.05) is 161 Å². The van der Waals surface area contributed by atoms with Crippen LogP contribution in [0.2, 0.25) is 0 Å². The second-order valence-corrected chi connectivity index (χ2v) is 38.9. The monoisotopic (exact) mass is 1830 g/mol. The van der Waals surface area contributed by atoms with Crippen LogP contribution in [0.3, 0.4) is 0 Å². The summed E-state index contributed by atoms with van der Waals surface area (Å²) in [7, 11) is 7.38. The second-order valence-electron chi connectivity index (χ2n) is 22.7. The van der Waals surface area contributed by atoms with E-state index in [0.29, 0.717) is 67.1 Å². The maximum absolute atomic E-state index is 12.7. The van der Waals surface area contributed by atoms with Crippen molar-refractivity contribution in [2.24, 2.45) is 7.05 Å². The molecule has 0 atom stereocenters. The van der Waals surface area contributed by atoms with Gasteiger partial charge in [-0.2, -0.15) is 0 Å². The van der Waals surface area contributed by atoms with E-state index in [-0.39, 0.29) is 96.7 Å².